The molecule has 0 radical (unpaired) electrons. The lowest BCUT2D eigenvalue weighted by Gasteiger charge is -2.47. The van der Waals surface area contributed by atoms with E-state index < -0.39 is 49.8 Å². The van der Waals surface area contributed by atoms with Gasteiger partial charge in [-0.1, -0.05) is 29.8 Å². The molecule has 0 amide bonds. The summed E-state index contributed by atoms with van der Waals surface area (Å²) >= 11 is 6.40. The van der Waals surface area contributed by atoms with Crippen LogP contribution in [0.2, 0.25) is 5.02 Å². The molecule has 0 aliphatic carbocycles. The molecule has 2 unspecified atom stereocenters. The Labute approximate surface area is 206 Å². The minimum atomic E-state index is -2.51. The third kappa shape index (κ3) is 6.46. The number of methoxy groups -OCH3 is 1. The van der Waals surface area contributed by atoms with Crippen molar-refractivity contribution in [3.05, 3.63) is 64.2 Å². The van der Waals surface area contributed by atoms with Crippen LogP contribution in [0.1, 0.15) is 16.7 Å². The van der Waals surface area contributed by atoms with Gasteiger partial charge in [0.15, 0.2) is 0 Å². The Morgan fingerprint density at radius 1 is 1.06 bits per heavy atom. The van der Waals surface area contributed by atoms with Crippen molar-refractivity contribution in [2.45, 2.75) is 43.0 Å². The first kappa shape index (κ1) is 27.7. The molecule has 8 nitrogen and oxygen atoms in total. The predicted molar refractivity (Wildman–Crippen MR) is 122 cm³/mol. The normalized spacial score (nSPS) is 26.8. The summed E-state index contributed by atoms with van der Waals surface area (Å²) in [4.78, 5) is 0. The highest BCUT2D eigenvalue weighted by Gasteiger charge is 2.55. The molecule has 1 saturated heterocycles. The summed E-state index contributed by atoms with van der Waals surface area (Å²) in [6.07, 6.45) is -8.05. The highest BCUT2D eigenvalue weighted by atomic mass is 35.5. The van der Waals surface area contributed by atoms with E-state index in [2.05, 4.69) is 0 Å². The standard InChI is InChI=1S/C24H29ClF2O8/c1-32-24(23(31)22(30)21(29)19(12-28)35-24)16-4-7-18(25)15(11-16)10-14-2-5-17(6-3-14)34-9-8-33-13-20(26)27/h2-7,11,19-23,28-31H,8-10,12-13H2,1H3/t19-,21-,22?,23-,24?/m1/s1. The van der Waals surface area contributed by atoms with Crippen LogP contribution in [0.15, 0.2) is 42.5 Å². The fourth-order valence-corrected chi connectivity index (χ4v) is 4.09. The highest BCUT2D eigenvalue weighted by molar-refractivity contribution is 6.31. The second-order valence-electron chi connectivity index (χ2n) is 8.08. The summed E-state index contributed by atoms with van der Waals surface area (Å²) in [5.41, 5.74) is 1.90. The molecule has 11 heteroatoms. The van der Waals surface area contributed by atoms with E-state index in [0.29, 0.717) is 28.3 Å². The molecule has 35 heavy (non-hydrogen) atoms. The van der Waals surface area contributed by atoms with Gasteiger partial charge < -0.3 is 39.4 Å². The first-order chi connectivity index (χ1) is 16.7. The number of halogens is 3. The lowest BCUT2D eigenvalue weighted by atomic mass is 9.87. The van der Waals surface area contributed by atoms with E-state index in [1.165, 1.54) is 7.11 Å². The van der Waals surface area contributed by atoms with Gasteiger partial charge in [0.25, 0.3) is 6.43 Å². The van der Waals surface area contributed by atoms with Gasteiger partial charge in [-0.05, 0) is 41.8 Å². The number of ether oxygens (including phenoxy) is 4. The van der Waals surface area contributed by atoms with Gasteiger partial charge in [0.2, 0.25) is 5.79 Å². The fourth-order valence-electron chi connectivity index (χ4n) is 3.91. The number of hydrogen-bond acceptors (Lipinski definition) is 8. The molecule has 1 aliphatic rings. The first-order valence-electron chi connectivity index (χ1n) is 11.0. The molecule has 4 N–H and O–H groups in total. The summed E-state index contributed by atoms with van der Waals surface area (Å²) in [6.45, 7) is -1.04. The monoisotopic (exact) mass is 518 g/mol. The van der Waals surface area contributed by atoms with E-state index >= 15 is 0 Å². The molecule has 3 rings (SSSR count). The maximum atomic E-state index is 12.1. The Morgan fingerprint density at radius 2 is 1.77 bits per heavy atom. The van der Waals surface area contributed by atoms with Crippen molar-refractivity contribution in [2.24, 2.45) is 0 Å². The van der Waals surface area contributed by atoms with Crippen LogP contribution in [0.3, 0.4) is 0 Å². The van der Waals surface area contributed by atoms with Gasteiger partial charge >= 0.3 is 0 Å². The number of aliphatic hydroxyl groups excluding tert-OH is 4. The van der Waals surface area contributed by atoms with Crippen molar-refractivity contribution in [1.82, 2.24) is 0 Å². The highest BCUT2D eigenvalue weighted by Crippen LogP contribution is 2.40. The van der Waals surface area contributed by atoms with Crippen LogP contribution in [-0.2, 0) is 26.4 Å². The van der Waals surface area contributed by atoms with E-state index in [1.54, 1.807) is 30.3 Å². The van der Waals surface area contributed by atoms with Crippen molar-refractivity contribution < 1.29 is 48.2 Å². The van der Waals surface area contributed by atoms with Gasteiger partial charge in [-0.3, -0.25) is 0 Å². The van der Waals surface area contributed by atoms with Crippen LogP contribution in [0.5, 0.6) is 5.75 Å². The number of aliphatic hydroxyl groups is 4. The predicted octanol–water partition coefficient (Wildman–Crippen LogP) is 1.86. The number of benzene rings is 2. The van der Waals surface area contributed by atoms with Crippen LogP contribution in [-0.4, -0.2) is 84.8 Å². The lowest BCUT2D eigenvalue weighted by Crippen LogP contribution is -2.64. The molecule has 194 valence electrons. The van der Waals surface area contributed by atoms with Crippen LogP contribution >= 0.6 is 11.6 Å². The van der Waals surface area contributed by atoms with Crippen LogP contribution in [0.25, 0.3) is 0 Å². The summed E-state index contributed by atoms with van der Waals surface area (Å²) < 4.78 is 45.6. The Bertz CT molecular complexity index is 946. The summed E-state index contributed by atoms with van der Waals surface area (Å²) in [5.74, 6) is -1.29. The quantitative estimate of drug-likeness (QED) is 0.333. The van der Waals surface area contributed by atoms with Crippen molar-refractivity contribution >= 4 is 11.6 Å². The second-order valence-corrected chi connectivity index (χ2v) is 8.49. The van der Waals surface area contributed by atoms with Gasteiger partial charge in [0.1, 0.15) is 43.4 Å². The van der Waals surface area contributed by atoms with E-state index in [0.717, 1.165) is 5.56 Å². The Balaban J connectivity index is 1.73. The van der Waals surface area contributed by atoms with Crippen LogP contribution < -0.4 is 4.74 Å². The third-order valence-electron chi connectivity index (χ3n) is 5.76. The molecule has 2 aromatic carbocycles. The Kier molecular flexibility index (Phi) is 9.79. The fraction of sp³-hybridized carbons (Fsp3) is 0.500. The third-order valence-corrected chi connectivity index (χ3v) is 6.13. The van der Waals surface area contributed by atoms with Gasteiger partial charge in [0, 0.05) is 17.7 Å². The molecular formula is C24H29ClF2O8. The minimum absolute atomic E-state index is 0.0481. The maximum Gasteiger partial charge on any atom is 0.261 e. The van der Waals surface area contributed by atoms with Crippen molar-refractivity contribution in [1.29, 1.82) is 0 Å². The zero-order chi connectivity index (χ0) is 25.6. The average Bonchev–Trinajstić information content (AvgIpc) is 2.85. The maximum absolute atomic E-state index is 12.1. The number of alkyl halides is 2. The summed E-state index contributed by atoms with van der Waals surface area (Å²) in [6, 6.07) is 11.9. The molecule has 1 heterocycles. The first-order valence-corrected chi connectivity index (χ1v) is 11.3. The van der Waals surface area contributed by atoms with Gasteiger partial charge in [-0.25, -0.2) is 8.78 Å². The number of hydrogen-bond donors (Lipinski definition) is 4. The molecule has 1 fully saturated rings. The number of rotatable bonds is 11. The van der Waals surface area contributed by atoms with Crippen molar-refractivity contribution in [2.75, 3.05) is 33.5 Å². The van der Waals surface area contributed by atoms with E-state index in [9.17, 15) is 29.2 Å². The van der Waals surface area contributed by atoms with Gasteiger partial charge in [0.05, 0.1) is 13.2 Å². The van der Waals surface area contributed by atoms with E-state index in [-0.39, 0.29) is 13.2 Å². The zero-order valence-electron chi connectivity index (χ0n) is 19.0. The molecule has 0 aromatic heterocycles. The minimum Gasteiger partial charge on any atom is -0.491 e. The molecule has 0 spiro atoms. The van der Waals surface area contributed by atoms with E-state index in [4.69, 9.17) is 30.5 Å². The van der Waals surface area contributed by atoms with Crippen molar-refractivity contribution in [3.63, 3.8) is 0 Å². The lowest BCUT2D eigenvalue weighted by molar-refractivity contribution is -0.366. The van der Waals surface area contributed by atoms with Gasteiger partial charge in [-0.2, -0.15) is 0 Å². The zero-order valence-corrected chi connectivity index (χ0v) is 19.8. The Hall–Kier alpha value is -1.89. The topological polar surface area (TPSA) is 118 Å². The SMILES string of the molecule is COC1(c2ccc(Cl)c(Cc3ccc(OCCOCC(F)F)cc3)c2)O[C@H](CO)[C@@H](O)C(O)[C@H]1O. The molecule has 0 bridgehead atoms. The average molecular weight is 519 g/mol. The molecule has 5 atom stereocenters. The molecular weight excluding hydrogens is 490 g/mol. The molecule has 2 aromatic rings. The van der Waals surface area contributed by atoms with Crippen molar-refractivity contribution in [3.8, 4) is 5.75 Å². The smallest absolute Gasteiger partial charge is 0.261 e. The molecule has 1 aliphatic heterocycles. The van der Waals surface area contributed by atoms with Crippen LogP contribution in [0, 0.1) is 0 Å². The summed E-state index contributed by atoms with van der Waals surface area (Å²) in [7, 11) is 1.29. The molecule has 0 saturated carbocycles. The summed E-state index contributed by atoms with van der Waals surface area (Å²) in [5, 5.41) is 41.1. The second kappa shape index (κ2) is 12.4. The van der Waals surface area contributed by atoms with E-state index in [1.807, 2.05) is 12.1 Å². The largest absolute Gasteiger partial charge is 0.491 e. The Morgan fingerprint density at radius 3 is 2.40 bits per heavy atom. The van der Waals surface area contributed by atoms with Gasteiger partial charge in [-0.15, -0.1) is 0 Å². The van der Waals surface area contributed by atoms with Crippen LogP contribution in [0.4, 0.5) is 8.78 Å².